The van der Waals surface area contributed by atoms with Gasteiger partial charge < -0.3 is 5.11 Å². The van der Waals surface area contributed by atoms with Crippen LogP contribution in [0.3, 0.4) is 0 Å². The highest BCUT2D eigenvalue weighted by molar-refractivity contribution is 7.89. The van der Waals surface area contributed by atoms with Crippen molar-refractivity contribution in [3.8, 4) is 0 Å². The lowest BCUT2D eigenvalue weighted by Crippen LogP contribution is -2.43. The highest BCUT2D eigenvalue weighted by atomic mass is 32.2. The van der Waals surface area contributed by atoms with Crippen molar-refractivity contribution in [2.24, 2.45) is 5.92 Å². The fourth-order valence-electron chi connectivity index (χ4n) is 2.31. The molecule has 1 unspecified atom stereocenters. The predicted octanol–water partition coefficient (Wildman–Crippen LogP) is 1.60. The van der Waals surface area contributed by atoms with Crippen molar-refractivity contribution in [3.05, 3.63) is 0 Å². The molecule has 0 radical (unpaired) electrons. The number of hydrogen-bond acceptors (Lipinski definition) is 3. The summed E-state index contributed by atoms with van der Waals surface area (Å²) in [5.74, 6) is 0.344. The Balaban J connectivity index is 2.59. The summed E-state index contributed by atoms with van der Waals surface area (Å²) in [6.45, 7) is 4.17. The minimum absolute atomic E-state index is 0.167. The largest absolute Gasteiger partial charge is 0.389 e. The average Bonchev–Trinajstić information content (AvgIpc) is 2.64. The highest BCUT2D eigenvalue weighted by Crippen LogP contribution is 2.30. The van der Waals surface area contributed by atoms with E-state index < -0.39 is 15.6 Å². The molecular formula is C12H25NO3S. The molecule has 0 aromatic carbocycles. The first-order valence-electron chi connectivity index (χ1n) is 6.45. The summed E-state index contributed by atoms with van der Waals surface area (Å²) < 4.78 is 25.4. The van der Waals surface area contributed by atoms with E-state index in [0.717, 1.165) is 32.1 Å². The molecule has 5 heteroatoms. The molecule has 0 bridgehead atoms. The number of rotatable bonds is 6. The predicted molar refractivity (Wildman–Crippen MR) is 69.3 cm³/mol. The first-order chi connectivity index (χ1) is 7.79. The Bertz CT molecular complexity index is 334. The maximum atomic E-state index is 12.0. The highest BCUT2D eigenvalue weighted by Gasteiger charge is 2.35. The third-order valence-corrected chi connectivity index (χ3v) is 5.79. The molecule has 1 saturated carbocycles. The van der Waals surface area contributed by atoms with Crippen LogP contribution in [-0.4, -0.2) is 42.8 Å². The van der Waals surface area contributed by atoms with Crippen LogP contribution in [0.15, 0.2) is 0 Å². The minimum Gasteiger partial charge on any atom is -0.389 e. The zero-order chi connectivity index (χ0) is 13.1. The van der Waals surface area contributed by atoms with Gasteiger partial charge in [-0.3, -0.25) is 0 Å². The lowest BCUT2D eigenvalue weighted by atomic mass is 10.0. The van der Waals surface area contributed by atoms with Crippen LogP contribution in [0.25, 0.3) is 0 Å². The Labute approximate surface area is 105 Å². The first kappa shape index (κ1) is 14.9. The van der Waals surface area contributed by atoms with Gasteiger partial charge in [-0.15, -0.1) is 0 Å². The third kappa shape index (κ3) is 4.23. The molecule has 1 fully saturated rings. The van der Waals surface area contributed by atoms with E-state index in [9.17, 15) is 13.5 Å². The van der Waals surface area contributed by atoms with Crippen LogP contribution < -0.4 is 0 Å². The van der Waals surface area contributed by atoms with E-state index in [-0.39, 0.29) is 18.2 Å². The van der Waals surface area contributed by atoms with Gasteiger partial charge in [0.15, 0.2) is 0 Å². The van der Waals surface area contributed by atoms with Crippen LogP contribution in [0, 0.1) is 5.92 Å². The summed E-state index contributed by atoms with van der Waals surface area (Å²) in [6, 6.07) is 0. The number of likely N-dealkylation sites (N-methyl/N-ethyl adjacent to an activating group) is 1. The van der Waals surface area contributed by atoms with Crippen LogP contribution in [0.4, 0.5) is 0 Å². The molecule has 0 aliphatic heterocycles. The van der Waals surface area contributed by atoms with Gasteiger partial charge in [-0.2, -0.15) is 0 Å². The van der Waals surface area contributed by atoms with E-state index >= 15 is 0 Å². The molecule has 0 saturated heterocycles. The number of nitrogens with zero attached hydrogens (tertiary/aromatic N) is 1. The number of hydrogen-bond donors (Lipinski definition) is 1. The van der Waals surface area contributed by atoms with E-state index in [1.165, 1.54) is 4.31 Å². The van der Waals surface area contributed by atoms with E-state index in [1.54, 1.807) is 7.05 Å². The monoisotopic (exact) mass is 263 g/mol. The second kappa shape index (κ2) is 5.67. The van der Waals surface area contributed by atoms with Crippen LogP contribution in [0.1, 0.15) is 46.0 Å². The van der Waals surface area contributed by atoms with Gasteiger partial charge >= 0.3 is 0 Å². The molecule has 102 valence electrons. The Morgan fingerprint density at radius 1 is 1.35 bits per heavy atom. The molecule has 0 aromatic rings. The lowest BCUT2D eigenvalue weighted by molar-refractivity contribution is 0.0333. The molecule has 1 aliphatic rings. The first-order valence-corrected chi connectivity index (χ1v) is 8.06. The van der Waals surface area contributed by atoms with Gasteiger partial charge in [0.05, 0.1) is 11.4 Å². The quantitative estimate of drug-likeness (QED) is 0.792. The van der Waals surface area contributed by atoms with Crippen LogP contribution in [0.5, 0.6) is 0 Å². The zero-order valence-electron chi connectivity index (χ0n) is 11.1. The molecule has 17 heavy (non-hydrogen) atoms. The topological polar surface area (TPSA) is 57.6 Å². The second-order valence-corrected chi connectivity index (χ2v) is 7.60. The van der Waals surface area contributed by atoms with Gasteiger partial charge in [0.1, 0.15) is 0 Å². The summed E-state index contributed by atoms with van der Waals surface area (Å²) in [6.07, 6.45) is 4.29. The zero-order valence-corrected chi connectivity index (χ0v) is 12.0. The Morgan fingerprint density at radius 3 is 2.35 bits per heavy atom. The second-order valence-electron chi connectivity index (χ2n) is 5.48. The summed E-state index contributed by atoms with van der Waals surface area (Å²) >= 11 is 0. The minimum atomic E-state index is -3.22. The Hall–Kier alpha value is -0.130. The van der Waals surface area contributed by atoms with Gasteiger partial charge in [0.2, 0.25) is 10.0 Å². The van der Waals surface area contributed by atoms with E-state index in [0.29, 0.717) is 0 Å². The SMILES string of the molecule is CCC(C)CS(=O)(=O)N(C)CC1(O)CCCC1. The molecule has 1 N–H and O–H groups in total. The summed E-state index contributed by atoms with van der Waals surface area (Å²) in [5.41, 5.74) is -0.794. The lowest BCUT2D eigenvalue weighted by Gasteiger charge is -2.28. The van der Waals surface area contributed by atoms with E-state index in [4.69, 9.17) is 0 Å². The van der Waals surface area contributed by atoms with Gasteiger partial charge in [-0.05, 0) is 18.8 Å². The van der Waals surface area contributed by atoms with Crippen LogP contribution in [0.2, 0.25) is 0 Å². The molecule has 0 amide bonds. The summed E-state index contributed by atoms with van der Waals surface area (Å²) in [5, 5.41) is 10.2. The molecular weight excluding hydrogens is 238 g/mol. The molecule has 1 atom stereocenters. The van der Waals surface area contributed by atoms with E-state index in [1.807, 2.05) is 13.8 Å². The molecule has 4 nitrogen and oxygen atoms in total. The molecule has 0 heterocycles. The standard InChI is InChI=1S/C12H25NO3S/c1-4-11(2)9-17(15,16)13(3)10-12(14)7-5-6-8-12/h11,14H,4-10H2,1-3H3. The Morgan fingerprint density at radius 2 is 1.88 bits per heavy atom. The summed E-state index contributed by atoms with van der Waals surface area (Å²) in [7, 11) is -1.65. The van der Waals surface area contributed by atoms with Crippen molar-refractivity contribution in [1.82, 2.24) is 4.31 Å². The van der Waals surface area contributed by atoms with Gasteiger partial charge in [-0.1, -0.05) is 33.1 Å². The smallest absolute Gasteiger partial charge is 0.214 e. The van der Waals surface area contributed by atoms with Gasteiger partial charge in [0.25, 0.3) is 0 Å². The molecule has 0 aromatic heterocycles. The molecule has 1 rings (SSSR count). The van der Waals surface area contributed by atoms with Gasteiger partial charge in [-0.25, -0.2) is 12.7 Å². The van der Waals surface area contributed by atoms with Crippen molar-refractivity contribution in [2.45, 2.75) is 51.6 Å². The summed E-state index contributed by atoms with van der Waals surface area (Å²) in [4.78, 5) is 0. The average molecular weight is 263 g/mol. The van der Waals surface area contributed by atoms with Crippen molar-refractivity contribution in [3.63, 3.8) is 0 Å². The molecule has 0 spiro atoms. The van der Waals surface area contributed by atoms with Crippen molar-refractivity contribution in [2.75, 3.05) is 19.3 Å². The Kier molecular flexibility index (Phi) is 4.98. The van der Waals surface area contributed by atoms with Crippen molar-refractivity contribution >= 4 is 10.0 Å². The number of aliphatic hydroxyl groups is 1. The fourth-order valence-corrected chi connectivity index (χ4v) is 3.95. The van der Waals surface area contributed by atoms with Crippen molar-refractivity contribution in [1.29, 1.82) is 0 Å². The number of sulfonamides is 1. The van der Waals surface area contributed by atoms with Gasteiger partial charge in [0, 0.05) is 13.6 Å². The fraction of sp³-hybridized carbons (Fsp3) is 1.00. The van der Waals surface area contributed by atoms with Crippen LogP contribution >= 0.6 is 0 Å². The maximum absolute atomic E-state index is 12.0. The maximum Gasteiger partial charge on any atom is 0.214 e. The normalized spacial score (nSPS) is 21.9. The third-order valence-electron chi connectivity index (χ3n) is 3.72. The molecule has 1 aliphatic carbocycles. The van der Waals surface area contributed by atoms with E-state index in [2.05, 4.69) is 0 Å². The van der Waals surface area contributed by atoms with Crippen LogP contribution in [-0.2, 0) is 10.0 Å². The van der Waals surface area contributed by atoms with Crippen molar-refractivity contribution < 1.29 is 13.5 Å².